The van der Waals surface area contributed by atoms with E-state index in [0.29, 0.717) is 0 Å². The van der Waals surface area contributed by atoms with Crippen LogP contribution in [0.4, 0.5) is 5.69 Å². The number of halogens is 3. The van der Waals surface area contributed by atoms with E-state index in [0.717, 1.165) is 48.6 Å². The Bertz CT molecular complexity index is 1750. The van der Waals surface area contributed by atoms with E-state index in [4.69, 9.17) is 8.83 Å². The van der Waals surface area contributed by atoms with Gasteiger partial charge in [0, 0.05) is 68.0 Å². The van der Waals surface area contributed by atoms with Gasteiger partial charge in [0.05, 0.1) is 4.92 Å². The van der Waals surface area contributed by atoms with Crippen molar-refractivity contribution in [1.29, 1.82) is 0 Å². The Hall–Kier alpha value is -3.60. The summed E-state index contributed by atoms with van der Waals surface area (Å²) in [5.74, 6) is 0. The third-order valence-corrected chi connectivity index (χ3v) is 5.78. The second-order valence-corrected chi connectivity index (χ2v) is 8.55. The molecule has 0 radical (unpaired) electrons. The summed E-state index contributed by atoms with van der Waals surface area (Å²) in [5, 5.41) is 12.1. The van der Waals surface area contributed by atoms with Crippen molar-refractivity contribution in [3.8, 4) is 0 Å². The Morgan fingerprint density at radius 3 is 1.70 bits per heavy atom. The predicted molar refractivity (Wildman–Crippen MR) is 175 cm³/mol. The maximum Gasteiger partial charge on any atom is 0.269 e. The molecule has 7 nitrogen and oxygen atoms in total. The summed E-state index contributed by atoms with van der Waals surface area (Å²) in [7, 11) is 0. The zero-order valence-electron chi connectivity index (χ0n) is 19.5. The summed E-state index contributed by atoms with van der Waals surface area (Å²) in [6, 6.07) is 29.4. The van der Waals surface area contributed by atoms with Crippen molar-refractivity contribution in [2.75, 3.05) is 0 Å². The van der Waals surface area contributed by atoms with Crippen LogP contribution in [0.2, 0.25) is 0 Å². The van der Waals surface area contributed by atoms with E-state index in [-0.39, 0.29) is 20.5 Å². The number of fused-ring (bicyclic) bond motifs is 6. The second kappa shape index (κ2) is 15.9. The minimum atomic E-state index is -0.417. The fourth-order valence-corrected chi connectivity index (χ4v) is 4.03. The number of para-hydroxylation sites is 2. The van der Waals surface area contributed by atoms with Crippen LogP contribution in [0.25, 0.3) is 44.1 Å². The topological polar surface area (TPSA) is 95.2 Å². The van der Waals surface area contributed by atoms with Gasteiger partial charge in [-0.3, -0.25) is 20.1 Å². The summed E-state index contributed by atoms with van der Waals surface area (Å²) in [6.45, 7) is 0. The maximum absolute atomic E-state index is 10.0. The van der Waals surface area contributed by atoms with E-state index in [9.17, 15) is 10.1 Å². The molecule has 0 unspecified atom stereocenters. The molecule has 0 aliphatic rings. The van der Waals surface area contributed by atoms with Gasteiger partial charge >= 0.3 is 0 Å². The van der Waals surface area contributed by atoms with Crippen LogP contribution in [0.3, 0.4) is 0 Å². The zero-order valence-corrected chi connectivity index (χ0v) is 24.3. The van der Waals surface area contributed by atoms with Crippen molar-refractivity contribution in [1.82, 2.24) is 9.97 Å². The molecule has 0 aliphatic carbocycles. The lowest BCUT2D eigenvalue weighted by atomic mass is 10.2. The Kier molecular flexibility index (Phi) is 12.9. The maximum atomic E-state index is 10.0. The van der Waals surface area contributed by atoms with Gasteiger partial charge in [-0.1, -0.05) is 61.1 Å². The lowest BCUT2D eigenvalue weighted by Crippen LogP contribution is -1.84. The van der Waals surface area contributed by atoms with E-state index >= 15 is 0 Å². The highest BCUT2D eigenvalue weighted by atomic mass is 80.9. The summed E-state index contributed by atoms with van der Waals surface area (Å²) >= 11 is 8.93. The number of rotatable bonds is 1. The molecule has 4 aromatic heterocycles. The smallest absolute Gasteiger partial charge is 0.269 e. The molecule has 10 heteroatoms. The minimum absolute atomic E-state index is 0. The van der Waals surface area contributed by atoms with E-state index in [1.165, 1.54) is 12.1 Å². The van der Waals surface area contributed by atoms with Crippen LogP contribution >= 0.6 is 44.2 Å². The zero-order chi connectivity index (χ0) is 26.9. The van der Waals surface area contributed by atoms with Gasteiger partial charge in [-0.05, 0) is 54.6 Å². The molecule has 0 atom stereocenters. The summed E-state index contributed by atoms with van der Waals surface area (Å²) in [5.41, 5.74) is 5.46. The van der Waals surface area contributed by atoms with Gasteiger partial charge in [-0.2, -0.15) is 0 Å². The van der Waals surface area contributed by atoms with Gasteiger partial charge in [0.25, 0.3) is 5.69 Å². The molecule has 0 bridgehead atoms. The molecule has 0 fully saturated rings. The first-order valence-corrected chi connectivity index (χ1v) is 15.6. The Balaban J connectivity index is 0.000000203. The molecule has 0 saturated heterocycles. The van der Waals surface area contributed by atoms with Crippen LogP contribution in [0.5, 0.6) is 0 Å². The van der Waals surface area contributed by atoms with Crippen LogP contribution in [0, 0.1) is 10.1 Å². The van der Waals surface area contributed by atoms with E-state index in [2.05, 4.69) is 54.2 Å². The molecule has 0 amide bonds. The largest absolute Gasteiger partial charge is 0.454 e. The van der Waals surface area contributed by atoms with Crippen molar-refractivity contribution in [3.63, 3.8) is 0 Å². The van der Waals surface area contributed by atoms with Crippen molar-refractivity contribution in [3.05, 3.63) is 124 Å². The van der Waals surface area contributed by atoms with Crippen molar-refractivity contribution < 1.29 is 13.8 Å². The van der Waals surface area contributed by atoms with Crippen LogP contribution in [-0.2, 0) is 0 Å². The number of nitro groups is 1. The lowest BCUT2D eigenvalue weighted by Gasteiger charge is -1.89. The highest BCUT2D eigenvalue weighted by molar-refractivity contribution is 9.93. The first-order chi connectivity index (χ1) is 18.6. The van der Waals surface area contributed by atoms with E-state index in [1.807, 2.05) is 66.7 Å². The van der Waals surface area contributed by atoms with E-state index < -0.39 is 4.92 Å². The summed E-state index contributed by atoms with van der Waals surface area (Å²) < 4.78 is 12.3. The number of benzene rings is 3. The predicted octanol–water partition coefficient (Wildman–Crippen LogP) is 11.3. The van der Waals surface area contributed by atoms with Gasteiger partial charge < -0.3 is 8.83 Å². The number of furan rings is 2. The SMILES string of the molecule is BrBr.Brc1ccc2oc3cccnc3c2c1.C.C.O=[N+]([O-])c1ccccc1.c1ccc2c(c1)oc1cccnc12. The van der Waals surface area contributed by atoms with Gasteiger partial charge in [0.2, 0.25) is 0 Å². The fraction of sp³-hybridized carbons (Fsp3) is 0.0667. The molecular formula is C30H26Br3N3O4. The second-order valence-electron chi connectivity index (χ2n) is 7.63. The number of nitrogens with zero attached hydrogens (tertiary/aromatic N) is 3. The Morgan fingerprint density at radius 2 is 1.12 bits per heavy atom. The molecule has 4 heterocycles. The number of nitro benzene ring substituents is 1. The summed E-state index contributed by atoms with van der Waals surface area (Å²) in [6.07, 6.45) is 3.56. The molecule has 206 valence electrons. The molecular weight excluding hydrogens is 706 g/mol. The standard InChI is InChI=1S/C11H6BrNO.C11H7NO.C6H5NO2.2CH4.Br2/c12-7-3-4-9-8(6-7)11-10(14-9)2-1-5-13-11;1-2-5-9-8(4-1)11-10(13-9)6-3-7-12-11;8-7(9)6-4-2-1-3-5-6;;;1-2/h1-6H;1-7H;1-5H;2*1H4;. The first-order valence-electron chi connectivity index (χ1n) is 11.1. The molecule has 7 aromatic rings. The van der Waals surface area contributed by atoms with Crippen molar-refractivity contribution in [2.24, 2.45) is 0 Å². The highest BCUT2D eigenvalue weighted by Crippen LogP contribution is 2.29. The third kappa shape index (κ3) is 7.74. The third-order valence-electron chi connectivity index (χ3n) is 5.29. The molecule has 0 spiro atoms. The van der Waals surface area contributed by atoms with Gasteiger partial charge in [0.1, 0.15) is 22.2 Å². The number of aromatic nitrogens is 2. The van der Waals surface area contributed by atoms with Crippen LogP contribution in [0.1, 0.15) is 14.9 Å². The van der Waals surface area contributed by atoms with E-state index in [1.54, 1.807) is 30.6 Å². The molecule has 7 rings (SSSR count). The summed E-state index contributed by atoms with van der Waals surface area (Å²) in [4.78, 5) is 18.2. The van der Waals surface area contributed by atoms with Gasteiger partial charge in [0.15, 0.2) is 11.2 Å². The molecule has 0 aliphatic heterocycles. The molecule has 40 heavy (non-hydrogen) atoms. The van der Waals surface area contributed by atoms with Crippen LogP contribution in [-0.4, -0.2) is 14.9 Å². The van der Waals surface area contributed by atoms with Gasteiger partial charge in [-0.25, -0.2) is 0 Å². The quantitative estimate of drug-likeness (QED) is 0.123. The number of hydrogen-bond acceptors (Lipinski definition) is 6. The average Bonchev–Trinajstić information content (AvgIpc) is 3.53. The Morgan fingerprint density at radius 1 is 0.625 bits per heavy atom. The van der Waals surface area contributed by atoms with Crippen LogP contribution in [0.15, 0.2) is 123 Å². The molecule has 0 N–H and O–H groups in total. The number of pyridine rings is 2. The Labute approximate surface area is 255 Å². The van der Waals surface area contributed by atoms with Gasteiger partial charge in [-0.15, -0.1) is 0 Å². The molecule has 0 saturated carbocycles. The van der Waals surface area contributed by atoms with Crippen LogP contribution < -0.4 is 0 Å². The normalized spacial score (nSPS) is 9.68. The number of hydrogen-bond donors (Lipinski definition) is 0. The van der Waals surface area contributed by atoms with Crippen molar-refractivity contribution in [2.45, 2.75) is 14.9 Å². The number of non-ortho nitro benzene ring substituents is 1. The lowest BCUT2D eigenvalue weighted by molar-refractivity contribution is -0.384. The first kappa shape index (κ1) is 32.6. The van der Waals surface area contributed by atoms with Crippen molar-refractivity contribution >= 4 is 94.0 Å². The monoisotopic (exact) mass is 729 g/mol. The molecule has 3 aromatic carbocycles. The highest BCUT2D eigenvalue weighted by Gasteiger charge is 2.07. The fourth-order valence-electron chi connectivity index (χ4n) is 3.66. The average molecular weight is 732 g/mol. The minimum Gasteiger partial charge on any atom is -0.454 e.